The van der Waals surface area contributed by atoms with E-state index in [1.54, 1.807) is 0 Å². The molecule has 2 bridgehead atoms. The molecule has 5 rings (SSSR count). The number of fused-ring (bicyclic) bond motifs is 5. The first kappa shape index (κ1) is 15.3. The fraction of sp³-hybridized carbons (Fsp3) is 0.333. The van der Waals surface area contributed by atoms with Gasteiger partial charge in [-0.1, -0.05) is 46.3 Å². The highest BCUT2D eigenvalue weighted by Crippen LogP contribution is 2.61. The minimum Gasteiger partial charge on any atom is -0.274 e. The minimum absolute atomic E-state index is 0.00505. The smallest absolute Gasteiger partial charge is 0.237 e. The first-order valence-electron chi connectivity index (χ1n) is 8.83. The zero-order valence-electron chi connectivity index (χ0n) is 13.6. The zero-order valence-corrected chi connectivity index (χ0v) is 15.2. The third-order valence-corrected chi connectivity index (χ3v) is 6.86. The summed E-state index contributed by atoms with van der Waals surface area (Å²) in [7, 11) is 0. The number of imide groups is 1. The second-order valence-corrected chi connectivity index (χ2v) is 8.37. The second kappa shape index (κ2) is 5.53. The second-order valence-electron chi connectivity index (χ2n) is 7.45. The highest BCUT2D eigenvalue weighted by Gasteiger charge is 2.64. The number of carbonyl (C=O) groups is 2. The van der Waals surface area contributed by atoms with Crippen molar-refractivity contribution in [2.75, 3.05) is 4.90 Å². The van der Waals surface area contributed by atoms with Crippen molar-refractivity contribution < 1.29 is 9.59 Å². The van der Waals surface area contributed by atoms with Gasteiger partial charge in [-0.05, 0) is 60.4 Å². The van der Waals surface area contributed by atoms with Crippen molar-refractivity contribution in [1.82, 2.24) is 0 Å². The van der Waals surface area contributed by atoms with E-state index in [1.165, 1.54) is 10.5 Å². The van der Waals surface area contributed by atoms with Gasteiger partial charge in [0.05, 0.1) is 17.5 Å². The maximum atomic E-state index is 13.1. The molecule has 0 spiro atoms. The lowest BCUT2D eigenvalue weighted by atomic mass is 9.73. The predicted molar refractivity (Wildman–Crippen MR) is 99.0 cm³/mol. The Kier molecular flexibility index (Phi) is 3.39. The van der Waals surface area contributed by atoms with Crippen molar-refractivity contribution in [3.63, 3.8) is 0 Å². The number of nitrogens with zero attached hydrogens (tertiary/aromatic N) is 1. The molecule has 0 radical (unpaired) electrons. The molecule has 4 heteroatoms. The van der Waals surface area contributed by atoms with Gasteiger partial charge in [-0.25, -0.2) is 0 Å². The molecular weight excluding hydrogens is 378 g/mol. The van der Waals surface area contributed by atoms with Crippen molar-refractivity contribution >= 4 is 33.4 Å². The SMILES string of the molecule is O=C1C2C3CC(c4ccccc4)C(C3)C2C(=O)N1c1ccc(Br)cc1. The topological polar surface area (TPSA) is 37.4 Å². The van der Waals surface area contributed by atoms with Gasteiger partial charge in [0.1, 0.15) is 0 Å². The number of hydrogen-bond acceptors (Lipinski definition) is 2. The molecule has 1 saturated heterocycles. The Morgan fingerprint density at radius 1 is 0.840 bits per heavy atom. The van der Waals surface area contributed by atoms with Crippen molar-refractivity contribution in [2.45, 2.75) is 18.8 Å². The number of hydrogen-bond donors (Lipinski definition) is 0. The molecular formula is C21H18BrNO2. The zero-order chi connectivity index (χ0) is 17.1. The van der Waals surface area contributed by atoms with Gasteiger partial charge in [0.2, 0.25) is 11.8 Å². The van der Waals surface area contributed by atoms with E-state index in [9.17, 15) is 9.59 Å². The van der Waals surface area contributed by atoms with E-state index in [4.69, 9.17) is 0 Å². The molecule has 2 amide bonds. The van der Waals surface area contributed by atoms with Crippen LogP contribution in [0.5, 0.6) is 0 Å². The van der Waals surface area contributed by atoms with Crippen LogP contribution in [0.1, 0.15) is 24.3 Å². The van der Waals surface area contributed by atoms with Crippen LogP contribution < -0.4 is 4.90 Å². The van der Waals surface area contributed by atoms with E-state index in [0.717, 1.165) is 17.3 Å². The molecule has 1 heterocycles. The van der Waals surface area contributed by atoms with Gasteiger partial charge >= 0.3 is 0 Å². The molecule has 5 atom stereocenters. The van der Waals surface area contributed by atoms with Gasteiger partial charge in [0.15, 0.2) is 0 Å². The Morgan fingerprint density at radius 3 is 2.24 bits per heavy atom. The third kappa shape index (κ3) is 2.16. The van der Waals surface area contributed by atoms with Gasteiger partial charge in [-0.3, -0.25) is 14.5 Å². The molecule has 1 aliphatic heterocycles. The molecule has 126 valence electrons. The lowest BCUT2D eigenvalue weighted by molar-refractivity contribution is -0.123. The van der Waals surface area contributed by atoms with Crippen LogP contribution in [0.3, 0.4) is 0 Å². The highest BCUT2D eigenvalue weighted by molar-refractivity contribution is 9.10. The van der Waals surface area contributed by atoms with Crippen LogP contribution >= 0.6 is 15.9 Å². The number of carbonyl (C=O) groups excluding carboxylic acids is 2. The van der Waals surface area contributed by atoms with Crippen LogP contribution in [0.4, 0.5) is 5.69 Å². The quantitative estimate of drug-likeness (QED) is 0.707. The van der Waals surface area contributed by atoms with Crippen LogP contribution in [0.25, 0.3) is 0 Å². The summed E-state index contributed by atoms with van der Waals surface area (Å²) in [5, 5.41) is 0. The fourth-order valence-corrected chi connectivity index (χ4v) is 5.65. The van der Waals surface area contributed by atoms with E-state index in [2.05, 4.69) is 40.2 Å². The van der Waals surface area contributed by atoms with Gasteiger partial charge in [0, 0.05) is 4.47 Å². The Hall–Kier alpha value is -1.94. The van der Waals surface area contributed by atoms with Crippen LogP contribution in [0, 0.1) is 23.7 Å². The van der Waals surface area contributed by atoms with Gasteiger partial charge < -0.3 is 0 Å². The Balaban J connectivity index is 1.49. The monoisotopic (exact) mass is 395 g/mol. The average Bonchev–Trinajstić information content (AvgIpc) is 3.29. The molecule has 5 unspecified atom stereocenters. The lowest BCUT2D eigenvalue weighted by Crippen LogP contribution is -2.32. The van der Waals surface area contributed by atoms with Crippen molar-refractivity contribution in [1.29, 1.82) is 0 Å². The molecule has 0 aromatic heterocycles. The maximum absolute atomic E-state index is 13.1. The van der Waals surface area contributed by atoms with Crippen molar-refractivity contribution in [2.24, 2.45) is 23.7 Å². The molecule has 3 nitrogen and oxygen atoms in total. The van der Waals surface area contributed by atoms with E-state index in [-0.39, 0.29) is 23.7 Å². The molecule has 0 N–H and O–H groups in total. The number of benzene rings is 2. The van der Waals surface area contributed by atoms with Crippen LogP contribution in [-0.2, 0) is 9.59 Å². The Bertz CT molecular complexity index is 848. The third-order valence-electron chi connectivity index (χ3n) is 6.33. The standard InChI is InChI=1S/C21H18BrNO2/c22-14-6-8-15(9-7-14)23-20(24)18-13-10-16(12-4-2-1-3-5-12)17(11-13)19(18)21(23)25/h1-9,13,16-19H,10-11H2. The molecule has 2 aromatic carbocycles. The average molecular weight is 396 g/mol. The summed E-state index contributed by atoms with van der Waals surface area (Å²) in [6.07, 6.45) is 2.05. The first-order chi connectivity index (χ1) is 12.1. The molecule has 3 fully saturated rings. The number of anilines is 1. The number of rotatable bonds is 2. The molecule has 2 aliphatic carbocycles. The van der Waals surface area contributed by atoms with E-state index in [1.807, 2.05) is 30.3 Å². The van der Waals surface area contributed by atoms with Gasteiger partial charge in [0.25, 0.3) is 0 Å². The van der Waals surface area contributed by atoms with Gasteiger partial charge in [-0.2, -0.15) is 0 Å². The van der Waals surface area contributed by atoms with Gasteiger partial charge in [-0.15, -0.1) is 0 Å². The highest BCUT2D eigenvalue weighted by atomic mass is 79.9. The van der Waals surface area contributed by atoms with E-state index in [0.29, 0.717) is 23.4 Å². The van der Waals surface area contributed by atoms with E-state index >= 15 is 0 Å². The minimum atomic E-state index is -0.139. The molecule has 3 aliphatic rings. The fourth-order valence-electron chi connectivity index (χ4n) is 5.39. The van der Waals surface area contributed by atoms with Crippen LogP contribution in [0.15, 0.2) is 59.1 Å². The van der Waals surface area contributed by atoms with Crippen LogP contribution in [-0.4, -0.2) is 11.8 Å². The molecule has 2 aromatic rings. The summed E-state index contributed by atoms with van der Waals surface area (Å²) < 4.78 is 0.944. The largest absolute Gasteiger partial charge is 0.274 e. The maximum Gasteiger partial charge on any atom is 0.237 e. The summed E-state index contributed by atoms with van der Waals surface area (Å²) in [5.41, 5.74) is 2.01. The lowest BCUT2D eigenvalue weighted by Gasteiger charge is -2.28. The summed E-state index contributed by atoms with van der Waals surface area (Å²) in [4.78, 5) is 27.6. The molecule has 2 saturated carbocycles. The summed E-state index contributed by atoms with van der Waals surface area (Å²) in [6.45, 7) is 0. The normalized spacial score (nSPS) is 33.2. The summed E-state index contributed by atoms with van der Waals surface area (Å²) >= 11 is 3.41. The Morgan fingerprint density at radius 2 is 1.52 bits per heavy atom. The number of amides is 2. The first-order valence-corrected chi connectivity index (χ1v) is 9.63. The predicted octanol–water partition coefficient (Wildman–Crippen LogP) is 4.38. The van der Waals surface area contributed by atoms with Crippen molar-refractivity contribution in [3.8, 4) is 0 Å². The molecule has 25 heavy (non-hydrogen) atoms. The Labute approximate surface area is 155 Å². The summed E-state index contributed by atoms with van der Waals surface area (Å²) in [6, 6.07) is 17.9. The number of halogens is 1. The summed E-state index contributed by atoms with van der Waals surface area (Å²) in [5.74, 6) is 0.823. The van der Waals surface area contributed by atoms with Crippen LogP contribution in [0.2, 0.25) is 0 Å². The van der Waals surface area contributed by atoms with Crippen molar-refractivity contribution in [3.05, 3.63) is 64.6 Å². The van der Waals surface area contributed by atoms with E-state index < -0.39 is 0 Å².